The van der Waals surface area contributed by atoms with Gasteiger partial charge >= 0.3 is 0 Å². The third-order valence-corrected chi connectivity index (χ3v) is 4.21. The Morgan fingerprint density at radius 3 is 2.35 bits per heavy atom. The molecule has 1 saturated carbocycles. The fraction of sp³-hybridized carbons (Fsp3) is 1.00. The minimum absolute atomic E-state index is 0.134. The Morgan fingerprint density at radius 2 is 1.82 bits per heavy atom. The molecule has 0 aromatic heterocycles. The maximum atomic E-state index is 6.19. The Hall–Kier alpha value is -0.0800. The van der Waals surface area contributed by atoms with E-state index in [9.17, 15) is 0 Å². The lowest BCUT2D eigenvalue weighted by atomic mass is 9.77. The van der Waals surface area contributed by atoms with Crippen molar-refractivity contribution in [1.82, 2.24) is 5.32 Å². The molecule has 1 aliphatic rings. The molecule has 1 aliphatic carbocycles. The monoisotopic (exact) mass is 241 g/mol. The highest BCUT2D eigenvalue weighted by molar-refractivity contribution is 4.94. The van der Waals surface area contributed by atoms with E-state index < -0.39 is 0 Å². The molecule has 1 N–H and O–H groups in total. The summed E-state index contributed by atoms with van der Waals surface area (Å²) in [7, 11) is 2.10. The number of ether oxygens (including phenoxy) is 1. The molecule has 1 unspecified atom stereocenters. The van der Waals surface area contributed by atoms with E-state index in [0.29, 0.717) is 6.04 Å². The van der Waals surface area contributed by atoms with Gasteiger partial charge in [-0.25, -0.2) is 0 Å². The highest BCUT2D eigenvalue weighted by atomic mass is 16.5. The van der Waals surface area contributed by atoms with E-state index in [1.807, 2.05) is 0 Å². The second kappa shape index (κ2) is 8.10. The van der Waals surface area contributed by atoms with Crippen molar-refractivity contribution in [2.75, 3.05) is 13.7 Å². The zero-order valence-electron chi connectivity index (χ0n) is 12.1. The molecule has 1 atom stereocenters. The van der Waals surface area contributed by atoms with Crippen molar-refractivity contribution in [1.29, 1.82) is 0 Å². The van der Waals surface area contributed by atoms with Gasteiger partial charge in [-0.1, -0.05) is 45.4 Å². The van der Waals surface area contributed by atoms with Gasteiger partial charge in [-0.15, -0.1) is 0 Å². The summed E-state index contributed by atoms with van der Waals surface area (Å²) in [6.07, 6.45) is 11.8. The van der Waals surface area contributed by atoms with E-state index in [-0.39, 0.29) is 5.60 Å². The lowest BCUT2D eigenvalue weighted by molar-refractivity contribution is -0.0904. The first-order valence-electron chi connectivity index (χ1n) is 7.60. The Kier molecular flexibility index (Phi) is 7.14. The summed E-state index contributed by atoms with van der Waals surface area (Å²) < 4.78 is 6.19. The zero-order chi connectivity index (χ0) is 12.6. The van der Waals surface area contributed by atoms with Crippen LogP contribution in [0.4, 0.5) is 0 Å². The molecular formula is C15H31NO. The summed E-state index contributed by atoms with van der Waals surface area (Å²) in [5, 5.41) is 3.53. The van der Waals surface area contributed by atoms with E-state index in [4.69, 9.17) is 4.74 Å². The maximum Gasteiger partial charge on any atom is 0.0834 e. The number of rotatable bonds is 8. The molecule has 2 heteroatoms. The Labute approximate surface area is 108 Å². The van der Waals surface area contributed by atoms with E-state index >= 15 is 0 Å². The van der Waals surface area contributed by atoms with Crippen LogP contribution in [0.1, 0.15) is 71.6 Å². The zero-order valence-corrected chi connectivity index (χ0v) is 12.1. The molecule has 0 heterocycles. The molecular weight excluding hydrogens is 210 g/mol. The van der Waals surface area contributed by atoms with Gasteiger partial charge in [-0.2, -0.15) is 0 Å². The predicted molar refractivity (Wildman–Crippen MR) is 74.4 cm³/mol. The molecule has 0 saturated heterocycles. The minimum atomic E-state index is 0.134. The van der Waals surface area contributed by atoms with Gasteiger partial charge < -0.3 is 10.1 Å². The van der Waals surface area contributed by atoms with Crippen LogP contribution in [0.3, 0.4) is 0 Å². The summed E-state index contributed by atoms with van der Waals surface area (Å²) in [5.41, 5.74) is 0.134. The second-order valence-corrected chi connectivity index (χ2v) is 5.40. The molecule has 17 heavy (non-hydrogen) atoms. The molecule has 1 fully saturated rings. The number of nitrogens with one attached hydrogen (secondary N) is 1. The highest BCUT2D eigenvalue weighted by Gasteiger charge is 2.39. The molecule has 0 spiro atoms. The Bertz CT molecular complexity index is 182. The number of hydrogen-bond acceptors (Lipinski definition) is 2. The lowest BCUT2D eigenvalue weighted by Gasteiger charge is -2.43. The van der Waals surface area contributed by atoms with Gasteiger partial charge in [-0.05, 0) is 33.2 Å². The van der Waals surface area contributed by atoms with Crippen molar-refractivity contribution < 1.29 is 4.74 Å². The molecule has 0 aromatic carbocycles. The van der Waals surface area contributed by atoms with Crippen molar-refractivity contribution in [2.45, 2.75) is 83.3 Å². The minimum Gasteiger partial charge on any atom is -0.374 e. The lowest BCUT2D eigenvalue weighted by Crippen LogP contribution is -2.52. The van der Waals surface area contributed by atoms with Crippen molar-refractivity contribution >= 4 is 0 Å². The topological polar surface area (TPSA) is 21.3 Å². The summed E-state index contributed by atoms with van der Waals surface area (Å²) in [5.74, 6) is 0. The van der Waals surface area contributed by atoms with Crippen LogP contribution >= 0.6 is 0 Å². The number of likely N-dealkylation sites (N-methyl/N-ethyl adjacent to an activating group) is 1. The third kappa shape index (κ3) is 4.26. The molecule has 0 amide bonds. The fourth-order valence-corrected chi connectivity index (χ4v) is 3.30. The van der Waals surface area contributed by atoms with Crippen LogP contribution in [-0.2, 0) is 4.74 Å². The summed E-state index contributed by atoms with van der Waals surface area (Å²) >= 11 is 0. The van der Waals surface area contributed by atoms with Crippen LogP contribution in [0.2, 0.25) is 0 Å². The Morgan fingerprint density at radius 1 is 1.12 bits per heavy atom. The highest BCUT2D eigenvalue weighted by Crippen LogP contribution is 2.36. The molecule has 0 radical (unpaired) electrons. The van der Waals surface area contributed by atoms with Crippen LogP contribution in [0, 0.1) is 0 Å². The normalized spacial score (nSPS) is 21.4. The first kappa shape index (κ1) is 15.0. The van der Waals surface area contributed by atoms with E-state index in [0.717, 1.165) is 6.61 Å². The predicted octanol–water partition coefficient (Wildman–Crippen LogP) is 3.89. The average Bonchev–Trinajstić information content (AvgIpc) is 2.36. The summed E-state index contributed by atoms with van der Waals surface area (Å²) in [6.45, 7) is 5.26. The largest absolute Gasteiger partial charge is 0.374 e. The van der Waals surface area contributed by atoms with Gasteiger partial charge in [0.15, 0.2) is 0 Å². The van der Waals surface area contributed by atoms with E-state index in [1.165, 1.54) is 57.8 Å². The second-order valence-electron chi connectivity index (χ2n) is 5.40. The summed E-state index contributed by atoms with van der Waals surface area (Å²) in [6, 6.07) is 0.550. The number of hydrogen-bond donors (Lipinski definition) is 1. The van der Waals surface area contributed by atoms with Crippen LogP contribution < -0.4 is 5.32 Å². The summed E-state index contributed by atoms with van der Waals surface area (Å²) in [4.78, 5) is 0. The van der Waals surface area contributed by atoms with Crippen molar-refractivity contribution in [2.24, 2.45) is 0 Å². The van der Waals surface area contributed by atoms with Gasteiger partial charge in [0.2, 0.25) is 0 Å². The van der Waals surface area contributed by atoms with Crippen LogP contribution in [0.25, 0.3) is 0 Å². The molecule has 2 nitrogen and oxygen atoms in total. The SMILES string of the molecule is CCCCCC(NC)C1(OCC)CCCCC1. The van der Waals surface area contributed by atoms with Crippen molar-refractivity contribution in [3.8, 4) is 0 Å². The third-order valence-electron chi connectivity index (χ3n) is 4.21. The van der Waals surface area contributed by atoms with Crippen molar-refractivity contribution in [3.63, 3.8) is 0 Å². The molecule has 102 valence electrons. The Balaban J connectivity index is 2.57. The van der Waals surface area contributed by atoms with Gasteiger partial charge in [0.05, 0.1) is 5.60 Å². The van der Waals surface area contributed by atoms with E-state index in [1.54, 1.807) is 0 Å². The fourth-order valence-electron chi connectivity index (χ4n) is 3.30. The van der Waals surface area contributed by atoms with Crippen LogP contribution in [-0.4, -0.2) is 25.3 Å². The van der Waals surface area contributed by atoms with Crippen LogP contribution in [0.5, 0.6) is 0 Å². The van der Waals surface area contributed by atoms with Gasteiger partial charge in [0, 0.05) is 12.6 Å². The van der Waals surface area contributed by atoms with Gasteiger partial charge in [-0.3, -0.25) is 0 Å². The standard InChI is InChI=1S/C15H31NO/c1-4-6-8-11-14(16-3)15(17-5-2)12-9-7-10-13-15/h14,16H,4-13H2,1-3H3. The quantitative estimate of drug-likeness (QED) is 0.651. The first-order valence-corrected chi connectivity index (χ1v) is 7.60. The smallest absolute Gasteiger partial charge is 0.0834 e. The maximum absolute atomic E-state index is 6.19. The molecule has 0 bridgehead atoms. The molecule has 0 aliphatic heterocycles. The van der Waals surface area contributed by atoms with Crippen LogP contribution in [0.15, 0.2) is 0 Å². The average molecular weight is 241 g/mol. The van der Waals surface area contributed by atoms with E-state index in [2.05, 4.69) is 26.2 Å². The van der Waals surface area contributed by atoms with Gasteiger partial charge in [0.1, 0.15) is 0 Å². The van der Waals surface area contributed by atoms with Crippen molar-refractivity contribution in [3.05, 3.63) is 0 Å². The molecule has 0 aromatic rings. The number of unbranched alkanes of at least 4 members (excludes halogenated alkanes) is 2. The van der Waals surface area contributed by atoms with Gasteiger partial charge in [0.25, 0.3) is 0 Å². The molecule has 1 rings (SSSR count). The first-order chi connectivity index (χ1) is 8.29.